The second kappa shape index (κ2) is 8.80. The SMILES string of the molecule is CCCNC(C)c1cccn1CC(=O)NC(C)CCC. The Balaban J connectivity index is 2.55. The molecule has 1 heterocycles. The summed E-state index contributed by atoms with van der Waals surface area (Å²) < 4.78 is 2.03. The lowest BCUT2D eigenvalue weighted by atomic mass is 10.2. The van der Waals surface area contributed by atoms with Crippen LogP contribution in [0.4, 0.5) is 0 Å². The summed E-state index contributed by atoms with van der Waals surface area (Å²) >= 11 is 0. The predicted octanol–water partition coefficient (Wildman–Crippen LogP) is 2.85. The first-order valence-corrected chi connectivity index (χ1v) is 7.76. The van der Waals surface area contributed by atoms with Gasteiger partial charge in [0.1, 0.15) is 6.54 Å². The summed E-state index contributed by atoms with van der Waals surface area (Å²) in [5.41, 5.74) is 1.16. The maximum absolute atomic E-state index is 12.0. The molecule has 4 nitrogen and oxygen atoms in total. The number of carbonyl (C=O) groups is 1. The normalized spacial score (nSPS) is 14.0. The van der Waals surface area contributed by atoms with Crippen LogP contribution >= 0.6 is 0 Å². The number of hydrogen-bond donors (Lipinski definition) is 2. The van der Waals surface area contributed by atoms with Crippen LogP contribution in [0, 0.1) is 0 Å². The molecule has 1 aromatic rings. The average Bonchev–Trinajstić information content (AvgIpc) is 2.84. The van der Waals surface area contributed by atoms with E-state index in [1.54, 1.807) is 0 Å². The molecule has 0 bridgehead atoms. The van der Waals surface area contributed by atoms with E-state index in [1.807, 2.05) is 16.8 Å². The molecule has 0 aromatic carbocycles. The Labute approximate surface area is 122 Å². The lowest BCUT2D eigenvalue weighted by Gasteiger charge is -2.18. The zero-order valence-electron chi connectivity index (χ0n) is 13.3. The van der Waals surface area contributed by atoms with Gasteiger partial charge in [0.05, 0.1) is 0 Å². The molecule has 0 saturated heterocycles. The van der Waals surface area contributed by atoms with Crippen molar-refractivity contribution in [1.82, 2.24) is 15.2 Å². The standard InChI is InChI=1S/C16H29N3O/c1-5-8-13(3)18-16(20)12-19-11-7-9-15(19)14(4)17-10-6-2/h7,9,11,13-14,17H,5-6,8,10,12H2,1-4H3,(H,18,20). The molecule has 0 aliphatic rings. The molecule has 0 aliphatic carbocycles. The fraction of sp³-hybridized carbons (Fsp3) is 0.688. The molecule has 2 unspecified atom stereocenters. The number of nitrogens with one attached hydrogen (secondary N) is 2. The molecule has 114 valence electrons. The Morgan fingerprint density at radius 2 is 2.05 bits per heavy atom. The molecule has 2 N–H and O–H groups in total. The predicted molar refractivity (Wildman–Crippen MR) is 83.7 cm³/mol. The van der Waals surface area contributed by atoms with Gasteiger partial charge >= 0.3 is 0 Å². The third-order valence-corrected chi connectivity index (χ3v) is 3.45. The average molecular weight is 279 g/mol. The molecule has 0 saturated carbocycles. The second-order valence-electron chi connectivity index (χ2n) is 5.49. The number of hydrogen-bond acceptors (Lipinski definition) is 2. The number of carbonyl (C=O) groups excluding carboxylic acids is 1. The summed E-state index contributed by atoms with van der Waals surface area (Å²) in [6.45, 7) is 9.87. The van der Waals surface area contributed by atoms with Crippen molar-refractivity contribution in [2.75, 3.05) is 6.54 Å². The van der Waals surface area contributed by atoms with Crippen LogP contribution in [0.5, 0.6) is 0 Å². The van der Waals surface area contributed by atoms with E-state index in [1.165, 1.54) is 0 Å². The maximum atomic E-state index is 12.0. The fourth-order valence-corrected chi connectivity index (χ4v) is 2.41. The third-order valence-electron chi connectivity index (χ3n) is 3.45. The number of aromatic nitrogens is 1. The minimum Gasteiger partial charge on any atom is -0.352 e. The molecule has 0 spiro atoms. The topological polar surface area (TPSA) is 46.1 Å². The lowest BCUT2D eigenvalue weighted by Crippen LogP contribution is -2.35. The molecule has 2 atom stereocenters. The molecule has 4 heteroatoms. The Kier molecular flexibility index (Phi) is 7.37. The zero-order chi connectivity index (χ0) is 15.0. The van der Waals surface area contributed by atoms with Gasteiger partial charge in [-0.15, -0.1) is 0 Å². The highest BCUT2D eigenvalue weighted by atomic mass is 16.2. The van der Waals surface area contributed by atoms with Gasteiger partial charge in [-0.2, -0.15) is 0 Å². The third kappa shape index (κ3) is 5.37. The maximum Gasteiger partial charge on any atom is 0.240 e. The molecule has 0 fully saturated rings. The summed E-state index contributed by atoms with van der Waals surface area (Å²) in [5.74, 6) is 0.0890. The van der Waals surface area contributed by atoms with Crippen molar-refractivity contribution in [3.63, 3.8) is 0 Å². The minimum absolute atomic E-state index is 0.0890. The molecule has 1 aromatic heterocycles. The van der Waals surface area contributed by atoms with Gasteiger partial charge in [-0.25, -0.2) is 0 Å². The van der Waals surface area contributed by atoms with Crippen LogP contribution < -0.4 is 10.6 Å². The van der Waals surface area contributed by atoms with Gasteiger partial charge in [-0.05, 0) is 45.4 Å². The molecule has 0 radical (unpaired) electrons. The van der Waals surface area contributed by atoms with Crippen molar-refractivity contribution in [2.45, 2.75) is 65.6 Å². The summed E-state index contributed by atoms with van der Waals surface area (Å²) in [7, 11) is 0. The first-order chi connectivity index (χ1) is 9.58. The van der Waals surface area contributed by atoms with E-state index >= 15 is 0 Å². The van der Waals surface area contributed by atoms with Crippen molar-refractivity contribution < 1.29 is 4.79 Å². The summed E-state index contributed by atoms with van der Waals surface area (Å²) in [5, 5.41) is 6.51. The van der Waals surface area contributed by atoms with E-state index in [2.05, 4.69) is 44.4 Å². The van der Waals surface area contributed by atoms with E-state index in [-0.39, 0.29) is 18.0 Å². The van der Waals surface area contributed by atoms with Crippen molar-refractivity contribution in [3.8, 4) is 0 Å². The first-order valence-electron chi connectivity index (χ1n) is 7.76. The quantitative estimate of drug-likeness (QED) is 0.730. The fourth-order valence-electron chi connectivity index (χ4n) is 2.41. The summed E-state index contributed by atoms with van der Waals surface area (Å²) in [6.07, 6.45) is 5.20. The highest BCUT2D eigenvalue weighted by Crippen LogP contribution is 2.13. The van der Waals surface area contributed by atoms with E-state index in [0.29, 0.717) is 6.54 Å². The smallest absolute Gasteiger partial charge is 0.240 e. The first kappa shape index (κ1) is 16.8. The van der Waals surface area contributed by atoms with Crippen LogP contribution in [0.15, 0.2) is 18.3 Å². The zero-order valence-corrected chi connectivity index (χ0v) is 13.3. The van der Waals surface area contributed by atoms with Gasteiger partial charge in [-0.1, -0.05) is 20.3 Å². The van der Waals surface area contributed by atoms with Crippen LogP contribution in [-0.4, -0.2) is 23.1 Å². The molecule has 20 heavy (non-hydrogen) atoms. The molecular formula is C16H29N3O. The lowest BCUT2D eigenvalue weighted by molar-refractivity contribution is -0.122. The second-order valence-corrected chi connectivity index (χ2v) is 5.49. The Hall–Kier alpha value is -1.29. The van der Waals surface area contributed by atoms with Crippen molar-refractivity contribution >= 4 is 5.91 Å². The Bertz CT molecular complexity index is 400. The van der Waals surface area contributed by atoms with Gasteiger partial charge in [0, 0.05) is 24.0 Å². The van der Waals surface area contributed by atoms with Crippen LogP contribution in [-0.2, 0) is 11.3 Å². The van der Waals surface area contributed by atoms with E-state index in [9.17, 15) is 4.79 Å². The van der Waals surface area contributed by atoms with E-state index < -0.39 is 0 Å². The van der Waals surface area contributed by atoms with Gasteiger partial charge in [0.2, 0.25) is 5.91 Å². The summed E-state index contributed by atoms with van der Waals surface area (Å²) in [4.78, 5) is 12.0. The van der Waals surface area contributed by atoms with Gasteiger partial charge in [-0.3, -0.25) is 4.79 Å². The highest BCUT2D eigenvalue weighted by molar-refractivity contribution is 5.76. The van der Waals surface area contributed by atoms with E-state index in [4.69, 9.17) is 0 Å². The molecule has 1 amide bonds. The van der Waals surface area contributed by atoms with Gasteiger partial charge < -0.3 is 15.2 Å². The molecular weight excluding hydrogens is 250 g/mol. The van der Waals surface area contributed by atoms with Crippen LogP contribution in [0.25, 0.3) is 0 Å². The van der Waals surface area contributed by atoms with Crippen LogP contribution in [0.3, 0.4) is 0 Å². The van der Waals surface area contributed by atoms with E-state index in [0.717, 1.165) is 31.5 Å². The number of rotatable bonds is 9. The minimum atomic E-state index is 0.0890. The highest BCUT2D eigenvalue weighted by Gasteiger charge is 2.12. The monoisotopic (exact) mass is 279 g/mol. The van der Waals surface area contributed by atoms with Crippen molar-refractivity contribution in [3.05, 3.63) is 24.0 Å². The largest absolute Gasteiger partial charge is 0.352 e. The molecule has 1 rings (SSSR count). The number of nitrogens with zero attached hydrogens (tertiary/aromatic N) is 1. The van der Waals surface area contributed by atoms with Crippen LogP contribution in [0.1, 0.15) is 58.7 Å². The van der Waals surface area contributed by atoms with Gasteiger partial charge in [0.15, 0.2) is 0 Å². The van der Waals surface area contributed by atoms with Gasteiger partial charge in [0.25, 0.3) is 0 Å². The molecule has 0 aliphatic heterocycles. The Morgan fingerprint density at radius 1 is 1.30 bits per heavy atom. The number of amides is 1. The van der Waals surface area contributed by atoms with Crippen LogP contribution in [0.2, 0.25) is 0 Å². The van der Waals surface area contributed by atoms with Crippen molar-refractivity contribution in [2.24, 2.45) is 0 Å². The Morgan fingerprint density at radius 3 is 2.70 bits per heavy atom. The van der Waals surface area contributed by atoms with Crippen molar-refractivity contribution in [1.29, 1.82) is 0 Å². The summed E-state index contributed by atoms with van der Waals surface area (Å²) in [6, 6.07) is 4.60.